The average Bonchev–Trinajstić information content (AvgIpc) is 2.07. The Balaban J connectivity index is 0. The third kappa shape index (κ3) is 12.4. The molecule has 0 fully saturated rings. The number of hydrogen-bond acceptors (Lipinski definition) is 1. The van der Waals surface area contributed by atoms with Gasteiger partial charge in [-0.3, -0.25) is 0 Å². The minimum absolute atomic E-state index is 1.13. The molecule has 0 aliphatic carbocycles. The summed E-state index contributed by atoms with van der Waals surface area (Å²) in [5.74, 6) is 0. The molecule has 0 aliphatic rings. The van der Waals surface area contributed by atoms with Crippen molar-refractivity contribution in [3.8, 4) is 0 Å². The van der Waals surface area contributed by atoms with Gasteiger partial charge in [-0.2, -0.15) is 0 Å². The van der Waals surface area contributed by atoms with Crippen LogP contribution in [0.15, 0.2) is 12.2 Å². The smallest absolute Gasteiger partial charge is 0.00218 e. The van der Waals surface area contributed by atoms with Crippen LogP contribution in [0.4, 0.5) is 0 Å². The normalized spacial score (nSPS) is 9.17. The Hall–Kier alpha value is -0.300. The molecule has 0 aliphatic heterocycles. The molecule has 0 unspecified atom stereocenters. The molecule has 0 bridgehead atoms. The summed E-state index contributed by atoms with van der Waals surface area (Å²) in [6.07, 6.45) is 3.57. The lowest BCUT2D eigenvalue weighted by Crippen LogP contribution is -2.12. The van der Waals surface area contributed by atoms with Crippen LogP contribution in [-0.2, 0) is 0 Å². The largest absolute Gasteiger partial charge is 0.309 e. The predicted octanol–water partition coefficient (Wildman–Crippen LogP) is 3.32. The molecule has 0 aromatic rings. The van der Waals surface area contributed by atoms with Crippen molar-refractivity contribution in [1.29, 1.82) is 0 Å². The van der Waals surface area contributed by atoms with E-state index in [0.29, 0.717) is 0 Å². The van der Waals surface area contributed by atoms with Gasteiger partial charge in [-0.1, -0.05) is 32.9 Å². The maximum absolute atomic E-state index is 3.95. The fourth-order valence-electron chi connectivity index (χ4n) is 0.822. The van der Waals surface area contributed by atoms with Gasteiger partial charge >= 0.3 is 0 Å². The van der Waals surface area contributed by atoms with Gasteiger partial charge in [0.2, 0.25) is 0 Å². The van der Waals surface area contributed by atoms with E-state index < -0.39 is 0 Å². The Bertz CT molecular complexity index is 95.2. The van der Waals surface area contributed by atoms with Crippen molar-refractivity contribution >= 4 is 0 Å². The zero-order chi connectivity index (χ0) is 9.98. The van der Waals surface area contributed by atoms with Crippen molar-refractivity contribution in [2.75, 3.05) is 20.6 Å². The molecule has 0 heterocycles. The summed E-state index contributed by atoms with van der Waals surface area (Å²) in [6, 6.07) is 0. The quantitative estimate of drug-likeness (QED) is 0.574. The van der Waals surface area contributed by atoms with Crippen LogP contribution < -0.4 is 0 Å². The highest BCUT2D eigenvalue weighted by Gasteiger charge is 1.92. The summed E-state index contributed by atoms with van der Waals surface area (Å²) >= 11 is 0. The average molecular weight is 171 g/mol. The Morgan fingerprint density at radius 3 is 2.08 bits per heavy atom. The minimum Gasteiger partial charge on any atom is -0.309 e. The summed E-state index contributed by atoms with van der Waals surface area (Å²) in [4.78, 5) is 2.21. The first-order valence-electron chi connectivity index (χ1n) is 4.98. The summed E-state index contributed by atoms with van der Waals surface area (Å²) in [5, 5.41) is 0. The van der Waals surface area contributed by atoms with Crippen LogP contribution in [0.5, 0.6) is 0 Å². The van der Waals surface area contributed by atoms with E-state index in [-0.39, 0.29) is 0 Å². The fourth-order valence-corrected chi connectivity index (χ4v) is 0.822. The molecule has 1 heteroatoms. The lowest BCUT2D eigenvalue weighted by atomic mass is 10.1. The number of nitrogens with zero attached hydrogens (tertiary/aromatic N) is 1. The zero-order valence-electron chi connectivity index (χ0n) is 9.48. The fraction of sp³-hybridized carbons (Fsp3) is 0.818. The van der Waals surface area contributed by atoms with Crippen molar-refractivity contribution < 1.29 is 0 Å². The van der Waals surface area contributed by atoms with Crippen LogP contribution in [-0.4, -0.2) is 25.5 Å². The molecule has 0 rings (SSSR count). The highest BCUT2D eigenvalue weighted by molar-refractivity contribution is 4.91. The lowest BCUT2D eigenvalue weighted by molar-refractivity contribution is 0.399. The van der Waals surface area contributed by atoms with Crippen molar-refractivity contribution in [2.24, 2.45) is 0 Å². The van der Waals surface area contributed by atoms with Crippen molar-refractivity contribution in [3.05, 3.63) is 12.2 Å². The molecule has 12 heavy (non-hydrogen) atoms. The number of rotatable bonds is 5. The van der Waals surface area contributed by atoms with E-state index >= 15 is 0 Å². The van der Waals surface area contributed by atoms with E-state index in [1.165, 1.54) is 25.0 Å². The standard InChI is InChI=1S/C9H19N.C2H6/c1-5-9(2)7-6-8-10(3)4;1-2/h2,5-8H2,1,3-4H3;1-2H3. The summed E-state index contributed by atoms with van der Waals surface area (Å²) < 4.78 is 0. The summed E-state index contributed by atoms with van der Waals surface area (Å²) in [5.41, 5.74) is 1.38. The molecular weight excluding hydrogens is 146 g/mol. The van der Waals surface area contributed by atoms with Crippen molar-refractivity contribution in [2.45, 2.75) is 40.0 Å². The third-order valence-electron chi connectivity index (χ3n) is 1.64. The first-order valence-corrected chi connectivity index (χ1v) is 4.98. The second-order valence-electron chi connectivity index (χ2n) is 3.01. The van der Waals surface area contributed by atoms with Gasteiger partial charge in [0.1, 0.15) is 0 Å². The van der Waals surface area contributed by atoms with E-state index in [0.717, 1.165) is 6.42 Å². The van der Waals surface area contributed by atoms with Crippen LogP contribution in [0.25, 0.3) is 0 Å². The summed E-state index contributed by atoms with van der Waals surface area (Å²) in [6.45, 7) is 11.3. The van der Waals surface area contributed by atoms with Gasteiger partial charge in [-0.05, 0) is 39.9 Å². The molecule has 1 nitrogen and oxygen atoms in total. The van der Waals surface area contributed by atoms with Crippen LogP contribution in [0.1, 0.15) is 40.0 Å². The Morgan fingerprint density at radius 2 is 1.75 bits per heavy atom. The topological polar surface area (TPSA) is 3.24 Å². The zero-order valence-corrected chi connectivity index (χ0v) is 9.48. The van der Waals surface area contributed by atoms with Gasteiger partial charge in [0.25, 0.3) is 0 Å². The Labute approximate surface area is 78.5 Å². The first kappa shape index (κ1) is 14.2. The minimum atomic E-state index is 1.13. The van der Waals surface area contributed by atoms with Gasteiger partial charge in [-0.25, -0.2) is 0 Å². The van der Waals surface area contributed by atoms with Gasteiger partial charge in [-0.15, -0.1) is 0 Å². The molecule has 0 atom stereocenters. The van der Waals surface area contributed by atoms with E-state index in [1.54, 1.807) is 0 Å². The molecule has 0 N–H and O–H groups in total. The van der Waals surface area contributed by atoms with Crippen LogP contribution in [0.2, 0.25) is 0 Å². The van der Waals surface area contributed by atoms with Gasteiger partial charge in [0.05, 0.1) is 0 Å². The molecule has 0 aromatic heterocycles. The highest BCUT2D eigenvalue weighted by Crippen LogP contribution is 2.05. The van der Waals surface area contributed by atoms with Gasteiger partial charge < -0.3 is 4.90 Å². The first-order chi connectivity index (χ1) is 5.66. The third-order valence-corrected chi connectivity index (χ3v) is 1.64. The molecule has 0 spiro atoms. The van der Waals surface area contributed by atoms with Crippen molar-refractivity contribution in [1.82, 2.24) is 4.90 Å². The molecule has 0 aromatic carbocycles. The van der Waals surface area contributed by atoms with Crippen LogP contribution in [0.3, 0.4) is 0 Å². The SMILES string of the molecule is C=C(CC)CCCN(C)C.CC. The maximum Gasteiger partial charge on any atom is -0.00218 e. The van der Waals surface area contributed by atoms with Gasteiger partial charge in [0, 0.05) is 0 Å². The van der Waals surface area contributed by atoms with E-state index in [1.807, 2.05) is 13.8 Å². The molecule has 0 saturated carbocycles. The molecule has 0 saturated heterocycles. The monoisotopic (exact) mass is 171 g/mol. The molecule has 0 radical (unpaired) electrons. The van der Waals surface area contributed by atoms with E-state index in [9.17, 15) is 0 Å². The maximum atomic E-state index is 3.95. The van der Waals surface area contributed by atoms with E-state index in [2.05, 4.69) is 32.5 Å². The van der Waals surface area contributed by atoms with Crippen LogP contribution >= 0.6 is 0 Å². The predicted molar refractivity (Wildman–Crippen MR) is 58.6 cm³/mol. The van der Waals surface area contributed by atoms with Crippen molar-refractivity contribution in [3.63, 3.8) is 0 Å². The Kier molecular flexibility index (Phi) is 12.7. The van der Waals surface area contributed by atoms with E-state index in [4.69, 9.17) is 0 Å². The molecule has 0 amide bonds. The Morgan fingerprint density at radius 1 is 1.25 bits per heavy atom. The second kappa shape index (κ2) is 10.7. The van der Waals surface area contributed by atoms with Crippen LogP contribution in [0, 0.1) is 0 Å². The highest BCUT2D eigenvalue weighted by atomic mass is 15.0. The van der Waals surface area contributed by atoms with Gasteiger partial charge in [0.15, 0.2) is 0 Å². The second-order valence-corrected chi connectivity index (χ2v) is 3.01. The molecular formula is C11H25N. The number of hydrogen-bond donors (Lipinski definition) is 0. The number of allylic oxidation sites excluding steroid dienone is 1. The lowest BCUT2D eigenvalue weighted by Gasteiger charge is -2.08. The summed E-state index contributed by atoms with van der Waals surface area (Å²) in [7, 11) is 4.21. The molecule has 74 valence electrons.